The number of halogens is 3. The summed E-state index contributed by atoms with van der Waals surface area (Å²) in [6.07, 6.45) is 2.60. The third kappa shape index (κ3) is 3.15. The Morgan fingerprint density at radius 1 is 1.19 bits per heavy atom. The number of amides is 1. The molecule has 0 bridgehead atoms. The van der Waals surface area contributed by atoms with Gasteiger partial charge in [0.25, 0.3) is 5.91 Å². The lowest BCUT2D eigenvalue weighted by Gasteiger charge is -2.07. The normalized spacial score (nSPS) is 12.9. The van der Waals surface area contributed by atoms with Gasteiger partial charge >= 0.3 is 0 Å². The highest BCUT2D eigenvalue weighted by Gasteiger charge is 2.27. The number of nitrogens with zero attached hydrogens (tertiary/aromatic N) is 2. The van der Waals surface area contributed by atoms with Crippen LogP contribution in [0.15, 0.2) is 46.9 Å². The highest BCUT2D eigenvalue weighted by molar-refractivity contribution is 9.10. The second-order valence-electron chi connectivity index (χ2n) is 6.09. The fraction of sp³-hybridized carbons (Fsp3) is 0.158. The molecule has 0 radical (unpaired) electrons. The summed E-state index contributed by atoms with van der Waals surface area (Å²) in [6, 6.07) is 11.4. The number of fused-ring (bicyclic) bond motifs is 1. The number of rotatable bonds is 3. The van der Waals surface area contributed by atoms with Gasteiger partial charge in [0.2, 0.25) is 0 Å². The highest BCUT2D eigenvalue weighted by Crippen LogP contribution is 2.30. The molecule has 0 atom stereocenters. The lowest BCUT2D eigenvalue weighted by atomic mass is 10.2. The molecule has 1 aromatic heterocycles. The van der Waals surface area contributed by atoms with Crippen LogP contribution in [0.2, 0.25) is 5.02 Å². The van der Waals surface area contributed by atoms with Crippen LogP contribution in [0, 0.1) is 5.82 Å². The van der Waals surface area contributed by atoms with Crippen LogP contribution in [0.5, 0.6) is 0 Å². The zero-order valence-corrected chi connectivity index (χ0v) is 15.9. The summed E-state index contributed by atoms with van der Waals surface area (Å²) in [5.74, 6) is -0.603. The summed E-state index contributed by atoms with van der Waals surface area (Å²) in [5, 5.41) is 7.78. The summed E-state index contributed by atoms with van der Waals surface area (Å²) in [4.78, 5) is 12.8. The fourth-order valence-corrected chi connectivity index (χ4v) is 3.91. The van der Waals surface area contributed by atoms with E-state index in [4.69, 9.17) is 11.6 Å². The van der Waals surface area contributed by atoms with E-state index in [2.05, 4.69) is 26.3 Å². The number of carbonyl (C=O) groups excluding carboxylic acids is 1. The second-order valence-corrected chi connectivity index (χ2v) is 7.42. The molecule has 0 fully saturated rings. The molecule has 2 aromatic carbocycles. The molecule has 1 aliphatic carbocycles. The maximum absolute atomic E-state index is 13.2. The molecule has 1 heterocycles. The minimum Gasteiger partial charge on any atom is -0.319 e. The first-order valence-electron chi connectivity index (χ1n) is 8.16. The summed E-state index contributed by atoms with van der Waals surface area (Å²) < 4.78 is 15.8. The predicted molar refractivity (Wildman–Crippen MR) is 103 cm³/mol. The maximum Gasteiger partial charge on any atom is 0.276 e. The van der Waals surface area contributed by atoms with E-state index < -0.39 is 0 Å². The largest absolute Gasteiger partial charge is 0.319 e. The van der Waals surface area contributed by atoms with Crippen molar-refractivity contribution in [3.63, 3.8) is 0 Å². The van der Waals surface area contributed by atoms with Crippen LogP contribution in [0.1, 0.15) is 28.2 Å². The number of aromatic nitrogens is 2. The van der Waals surface area contributed by atoms with E-state index in [1.165, 1.54) is 12.1 Å². The molecule has 132 valence electrons. The van der Waals surface area contributed by atoms with Gasteiger partial charge in [0, 0.05) is 15.7 Å². The van der Waals surface area contributed by atoms with Gasteiger partial charge in [-0.3, -0.25) is 4.79 Å². The van der Waals surface area contributed by atoms with Gasteiger partial charge < -0.3 is 5.32 Å². The van der Waals surface area contributed by atoms with E-state index in [0.29, 0.717) is 16.4 Å². The molecule has 3 aromatic rings. The van der Waals surface area contributed by atoms with E-state index in [1.807, 2.05) is 6.07 Å². The lowest BCUT2D eigenvalue weighted by Crippen LogP contribution is -2.15. The van der Waals surface area contributed by atoms with Crippen molar-refractivity contribution >= 4 is 39.1 Å². The zero-order valence-electron chi connectivity index (χ0n) is 13.6. The van der Waals surface area contributed by atoms with Crippen molar-refractivity contribution in [1.29, 1.82) is 0 Å². The van der Waals surface area contributed by atoms with Crippen LogP contribution in [0.4, 0.5) is 10.1 Å². The van der Waals surface area contributed by atoms with Gasteiger partial charge in [-0.05, 0) is 61.7 Å². The average Bonchev–Trinajstić information content (AvgIpc) is 3.20. The third-order valence-corrected chi connectivity index (χ3v) is 5.20. The first-order chi connectivity index (χ1) is 12.5. The first-order valence-corrected chi connectivity index (χ1v) is 9.33. The van der Waals surface area contributed by atoms with Gasteiger partial charge in [-0.2, -0.15) is 5.10 Å². The van der Waals surface area contributed by atoms with Gasteiger partial charge in [-0.25, -0.2) is 9.07 Å². The Morgan fingerprint density at radius 2 is 1.96 bits per heavy atom. The van der Waals surface area contributed by atoms with Crippen molar-refractivity contribution in [1.82, 2.24) is 9.78 Å². The molecular formula is C19H14BrClFN3O. The predicted octanol–water partition coefficient (Wildman–Crippen LogP) is 5.17. The molecular weight excluding hydrogens is 421 g/mol. The maximum atomic E-state index is 13.2. The van der Waals surface area contributed by atoms with Gasteiger partial charge in [-0.1, -0.05) is 27.5 Å². The van der Waals surface area contributed by atoms with Gasteiger partial charge in [0.15, 0.2) is 5.69 Å². The molecule has 1 aliphatic rings. The highest BCUT2D eigenvalue weighted by atomic mass is 79.9. The average molecular weight is 435 g/mol. The van der Waals surface area contributed by atoms with E-state index in [-0.39, 0.29) is 11.7 Å². The Labute approximate surface area is 163 Å². The molecule has 1 amide bonds. The Kier molecular flexibility index (Phi) is 4.54. The molecule has 0 aliphatic heterocycles. The Hall–Kier alpha value is -2.18. The van der Waals surface area contributed by atoms with Crippen molar-refractivity contribution in [3.8, 4) is 5.69 Å². The minimum absolute atomic E-state index is 0.298. The summed E-state index contributed by atoms with van der Waals surface area (Å²) in [6.45, 7) is 0. The molecule has 4 nitrogen and oxygen atoms in total. The molecule has 0 saturated carbocycles. The summed E-state index contributed by atoms with van der Waals surface area (Å²) >= 11 is 9.53. The van der Waals surface area contributed by atoms with Crippen LogP contribution in [0.25, 0.3) is 5.69 Å². The summed E-state index contributed by atoms with van der Waals surface area (Å²) in [5.41, 5.74) is 3.61. The van der Waals surface area contributed by atoms with Crippen LogP contribution in [0.3, 0.4) is 0 Å². The second kappa shape index (κ2) is 6.85. The van der Waals surface area contributed by atoms with Gasteiger partial charge in [-0.15, -0.1) is 0 Å². The quantitative estimate of drug-likeness (QED) is 0.618. The molecule has 4 rings (SSSR count). The standard InChI is InChI=1S/C19H14BrClFN3O/c20-11-4-9-16(15(21)10-11)23-19(26)18-14-2-1-3-17(14)25(24-18)13-7-5-12(22)6-8-13/h4-10H,1-3H2,(H,23,26). The Morgan fingerprint density at radius 3 is 2.69 bits per heavy atom. The van der Waals surface area contributed by atoms with Crippen molar-refractivity contribution < 1.29 is 9.18 Å². The number of carbonyl (C=O) groups is 1. The smallest absolute Gasteiger partial charge is 0.276 e. The lowest BCUT2D eigenvalue weighted by molar-refractivity contribution is 0.102. The minimum atomic E-state index is -0.305. The van der Waals surface area contributed by atoms with Crippen molar-refractivity contribution in [2.24, 2.45) is 0 Å². The molecule has 7 heteroatoms. The van der Waals surface area contributed by atoms with E-state index in [1.54, 1.807) is 28.9 Å². The van der Waals surface area contributed by atoms with E-state index in [9.17, 15) is 9.18 Å². The molecule has 1 N–H and O–H groups in total. The zero-order chi connectivity index (χ0) is 18.3. The third-order valence-electron chi connectivity index (χ3n) is 4.40. The van der Waals surface area contributed by atoms with Crippen LogP contribution >= 0.6 is 27.5 Å². The molecule has 0 spiro atoms. The van der Waals surface area contributed by atoms with Crippen LogP contribution in [-0.4, -0.2) is 15.7 Å². The van der Waals surface area contributed by atoms with Gasteiger partial charge in [0.1, 0.15) is 5.82 Å². The number of nitrogens with one attached hydrogen (secondary N) is 1. The Bertz CT molecular complexity index is 1000. The van der Waals surface area contributed by atoms with Gasteiger partial charge in [0.05, 0.1) is 16.4 Å². The summed E-state index contributed by atoms with van der Waals surface area (Å²) in [7, 11) is 0. The number of hydrogen-bond acceptors (Lipinski definition) is 2. The SMILES string of the molecule is O=C(Nc1ccc(Br)cc1Cl)c1nn(-c2ccc(F)cc2)c2c1CCC2. The fourth-order valence-electron chi connectivity index (χ4n) is 3.19. The topological polar surface area (TPSA) is 46.9 Å². The Balaban J connectivity index is 1.69. The molecule has 0 saturated heterocycles. The molecule has 0 unspecified atom stereocenters. The number of anilines is 1. The monoisotopic (exact) mass is 433 g/mol. The number of hydrogen-bond donors (Lipinski definition) is 1. The number of benzene rings is 2. The van der Waals surface area contributed by atoms with Crippen LogP contribution < -0.4 is 5.32 Å². The van der Waals surface area contributed by atoms with E-state index >= 15 is 0 Å². The van der Waals surface area contributed by atoms with Crippen molar-refractivity contribution in [3.05, 3.63) is 74.7 Å². The van der Waals surface area contributed by atoms with Crippen molar-refractivity contribution in [2.75, 3.05) is 5.32 Å². The van der Waals surface area contributed by atoms with Crippen LogP contribution in [-0.2, 0) is 12.8 Å². The molecule has 26 heavy (non-hydrogen) atoms. The first kappa shape index (κ1) is 17.2. The van der Waals surface area contributed by atoms with E-state index in [0.717, 1.165) is 40.7 Å². The van der Waals surface area contributed by atoms with Crippen molar-refractivity contribution in [2.45, 2.75) is 19.3 Å².